The molecule has 0 unspecified atom stereocenters. The first-order chi connectivity index (χ1) is 9.19. The van der Waals surface area contributed by atoms with Crippen LogP contribution in [-0.2, 0) is 19.4 Å². The van der Waals surface area contributed by atoms with Crippen LogP contribution in [0.25, 0.3) is 5.82 Å². The second-order valence-electron chi connectivity index (χ2n) is 4.24. The van der Waals surface area contributed by atoms with Crippen molar-refractivity contribution in [1.82, 2.24) is 25.1 Å². The Bertz CT molecular complexity index is 564. The van der Waals surface area contributed by atoms with Gasteiger partial charge < -0.3 is 5.32 Å². The predicted molar refractivity (Wildman–Crippen MR) is 75.7 cm³/mol. The predicted octanol–water partition coefficient (Wildman–Crippen LogP) is 2.16. The van der Waals surface area contributed by atoms with Crippen molar-refractivity contribution in [1.29, 1.82) is 0 Å². The molecule has 0 bridgehead atoms. The van der Waals surface area contributed by atoms with Crippen LogP contribution in [0.5, 0.6) is 0 Å². The summed E-state index contributed by atoms with van der Waals surface area (Å²) in [6, 6.07) is 1.91. The molecule has 0 aliphatic carbocycles. The Hall–Kier alpha value is -1.46. The first-order valence-electron chi connectivity index (χ1n) is 6.43. The van der Waals surface area contributed by atoms with Crippen LogP contribution in [0.3, 0.4) is 0 Å². The van der Waals surface area contributed by atoms with E-state index in [1.54, 1.807) is 4.68 Å². The van der Waals surface area contributed by atoms with Crippen molar-refractivity contribution in [3.8, 4) is 5.82 Å². The van der Waals surface area contributed by atoms with Gasteiger partial charge in [0.05, 0.1) is 5.02 Å². The standard InChI is InChI=1S/C13H18ClN5/c1-4-11-17-12(5-2)19(18-11)13-10(14)6-9(7-15-3)8-16-13/h6,8,15H,4-5,7H2,1-3H3. The van der Waals surface area contributed by atoms with Crippen LogP contribution in [0.2, 0.25) is 5.02 Å². The van der Waals surface area contributed by atoms with Crippen molar-refractivity contribution >= 4 is 11.6 Å². The van der Waals surface area contributed by atoms with Crippen LogP contribution in [0.15, 0.2) is 12.3 Å². The van der Waals surface area contributed by atoms with Gasteiger partial charge in [0, 0.05) is 25.6 Å². The minimum atomic E-state index is 0.593. The second-order valence-corrected chi connectivity index (χ2v) is 4.65. The Morgan fingerprint density at radius 2 is 2.11 bits per heavy atom. The third-order valence-electron chi connectivity index (χ3n) is 2.81. The second kappa shape index (κ2) is 6.12. The van der Waals surface area contributed by atoms with Crippen molar-refractivity contribution < 1.29 is 0 Å². The van der Waals surface area contributed by atoms with Crippen LogP contribution in [-0.4, -0.2) is 26.8 Å². The van der Waals surface area contributed by atoms with Gasteiger partial charge in [0.15, 0.2) is 11.6 Å². The molecule has 0 saturated carbocycles. The zero-order valence-corrected chi connectivity index (χ0v) is 12.2. The molecule has 1 N–H and O–H groups in total. The highest BCUT2D eigenvalue weighted by atomic mass is 35.5. The van der Waals surface area contributed by atoms with Crippen LogP contribution in [0, 0.1) is 0 Å². The molecule has 19 heavy (non-hydrogen) atoms. The number of halogens is 1. The van der Waals surface area contributed by atoms with E-state index >= 15 is 0 Å². The van der Waals surface area contributed by atoms with E-state index in [1.165, 1.54) is 0 Å². The molecule has 0 radical (unpaired) electrons. The van der Waals surface area contributed by atoms with Crippen LogP contribution >= 0.6 is 11.6 Å². The van der Waals surface area contributed by atoms with Gasteiger partial charge in [-0.25, -0.2) is 9.97 Å². The first kappa shape index (κ1) is 14.0. The fourth-order valence-corrected chi connectivity index (χ4v) is 2.14. The molecule has 6 heteroatoms. The Balaban J connectivity index is 2.43. The quantitative estimate of drug-likeness (QED) is 0.911. The minimum Gasteiger partial charge on any atom is -0.316 e. The van der Waals surface area contributed by atoms with E-state index in [0.717, 1.165) is 36.6 Å². The zero-order valence-electron chi connectivity index (χ0n) is 11.4. The van der Waals surface area contributed by atoms with E-state index in [0.29, 0.717) is 10.8 Å². The lowest BCUT2D eigenvalue weighted by Gasteiger charge is -2.07. The Labute approximate surface area is 118 Å². The summed E-state index contributed by atoms with van der Waals surface area (Å²) in [6.07, 6.45) is 3.41. The number of nitrogens with one attached hydrogen (secondary N) is 1. The van der Waals surface area contributed by atoms with Crippen molar-refractivity contribution in [3.63, 3.8) is 0 Å². The van der Waals surface area contributed by atoms with E-state index in [1.807, 2.05) is 33.2 Å². The van der Waals surface area contributed by atoms with Crippen molar-refractivity contribution in [3.05, 3.63) is 34.5 Å². The van der Waals surface area contributed by atoms with Gasteiger partial charge in [-0.05, 0) is 18.7 Å². The Morgan fingerprint density at radius 3 is 2.68 bits per heavy atom. The molecule has 0 atom stereocenters. The molecular formula is C13H18ClN5. The zero-order chi connectivity index (χ0) is 13.8. The molecule has 2 rings (SSSR count). The van der Waals surface area contributed by atoms with Crippen molar-refractivity contribution in [2.24, 2.45) is 0 Å². The van der Waals surface area contributed by atoms with Gasteiger partial charge in [0.1, 0.15) is 5.82 Å². The average molecular weight is 280 g/mol. The number of aromatic nitrogens is 4. The molecule has 2 aromatic rings. The maximum absolute atomic E-state index is 6.30. The molecule has 0 fully saturated rings. The van der Waals surface area contributed by atoms with E-state index in [9.17, 15) is 0 Å². The summed E-state index contributed by atoms with van der Waals surface area (Å²) in [7, 11) is 1.89. The van der Waals surface area contributed by atoms with E-state index < -0.39 is 0 Å². The molecular weight excluding hydrogens is 262 g/mol. The average Bonchev–Trinajstić information content (AvgIpc) is 2.82. The molecule has 0 saturated heterocycles. The molecule has 2 heterocycles. The molecule has 0 aliphatic heterocycles. The highest BCUT2D eigenvalue weighted by Crippen LogP contribution is 2.20. The molecule has 5 nitrogen and oxygen atoms in total. The minimum absolute atomic E-state index is 0.593. The molecule has 102 valence electrons. The van der Waals surface area contributed by atoms with Gasteiger partial charge in [0.25, 0.3) is 0 Å². The van der Waals surface area contributed by atoms with Gasteiger partial charge in [0.2, 0.25) is 0 Å². The summed E-state index contributed by atoms with van der Waals surface area (Å²) in [6.45, 7) is 4.82. The molecule has 0 spiro atoms. The first-order valence-corrected chi connectivity index (χ1v) is 6.81. The number of aryl methyl sites for hydroxylation is 2. The monoisotopic (exact) mass is 279 g/mol. The molecule has 0 amide bonds. The lowest BCUT2D eigenvalue weighted by atomic mass is 10.3. The lowest BCUT2D eigenvalue weighted by molar-refractivity contribution is 0.762. The number of rotatable bonds is 5. The van der Waals surface area contributed by atoms with Gasteiger partial charge in [-0.3, -0.25) is 0 Å². The highest BCUT2D eigenvalue weighted by molar-refractivity contribution is 6.32. The van der Waals surface area contributed by atoms with Gasteiger partial charge in [-0.1, -0.05) is 25.4 Å². The van der Waals surface area contributed by atoms with Crippen molar-refractivity contribution in [2.45, 2.75) is 33.2 Å². The normalized spacial score (nSPS) is 10.9. The van der Waals surface area contributed by atoms with Crippen LogP contribution in [0.4, 0.5) is 0 Å². The fraction of sp³-hybridized carbons (Fsp3) is 0.462. The number of nitrogens with zero attached hydrogens (tertiary/aromatic N) is 4. The maximum Gasteiger partial charge on any atom is 0.174 e. The Kier molecular flexibility index (Phi) is 4.50. The van der Waals surface area contributed by atoms with Gasteiger partial charge >= 0.3 is 0 Å². The summed E-state index contributed by atoms with van der Waals surface area (Å²) in [4.78, 5) is 8.88. The van der Waals surface area contributed by atoms with Gasteiger partial charge in [-0.15, -0.1) is 5.10 Å². The van der Waals surface area contributed by atoms with Crippen LogP contribution in [0.1, 0.15) is 31.1 Å². The number of hydrogen-bond acceptors (Lipinski definition) is 4. The summed E-state index contributed by atoms with van der Waals surface area (Å²) >= 11 is 6.30. The summed E-state index contributed by atoms with van der Waals surface area (Å²) in [5.41, 5.74) is 1.05. The van der Waals surface area contributed by atoms with Gasteiger partial charge in [-0.2, -0.15) is 4.68 Å². The Morgan fingerprint density at radius 1 is 1.32 bits per heavy atom. The SMILES string of the molecule is CCc1nc(CC)n(-c2ncc(CNC)cc2Cl)n1. The lowest BCUT2D eigenvalue weighted by Crippen LogP contribution is -2.09. The largest absolute Gasteiger partial charge is 0.316 e. The molecule has 2 aromatic heterocycles. The highest BCUT2D eigenvalue weighted by Gasteiger charge is 2.13. The number of pyridine rings is 1. The molecule has 0 aromatic carbocycles. The number of hydrogen-bond donors (Lipinski definition) is 1. The summed E-state index contributed by atoms with van der Waals surface area (Å²) in [5.74, 6) is 2.34. The topological polar surface area (TPSA) is 55.6 Å². The fourth-order valence-electron chi connectivity index (χ4n) is 1.87. The smallest absolute Gasteiger partial charge is 0.174 e. The van der Waals surface area contributed by atoms with E-state index in [-0.39, 0.29) is 0 Å². The van der Waals surface area contributed by atoms with Crippen molar-refractivity contribution in [2.75, 3.05) is 7.05 Å². The summed E-state index contributed by atoms with van der Waals surface area (Å²) < 4.78 is 1.74. The summed E-state index contributed by atoms with van der Waals surface area (Å²) in [5, 5.41) is 8.11. The molecule has 0 aliphatic rings. The van der Waals surface area contributed by atoms with Crippen LogP contribution < -0.4 is 5.32 Å². The van der Waals surface area contributed by atoms with E-state index in [2.05, 4.69) is 20.4 Å². The third-order valence-corrected chi connectivity index (χ3v) is 3.09. The third kappa shape index (κ3) is 2.93. The van der Waals surface area contributed by atoms with E-state index in [4.69, 9.17) is 11.6 Å². The maximum atomic E-state index is 6.30.